The van der Waals surface area contributed by atoms with Gasteiger partial charge in [-0.05, 0) is 33.8 Å². The summed E-state index contributed by atoms with van der Waals surface area (Å²) in [7, 11) is -1.60. The summed E-state index contributed by atoms with van der Waals surface area (Å²) >= 11 is 0. The molecule has 1 fully saturated rings. The van der Waals surface area contributed by atoms with Crippen molar-refractivity contribution in [1.29, 1.82) is 0 Å². The summed E-state index contributed by atoms with van der Waals surface area (Å²) in [6, 6.07) is 1.57. The van der Waals surface area contributed by atoms with Crippen molar-refractivity contribution >= 4 is 23.4 Å². The maximum atomic E-state index is 11.2. The highest BCUT2D eigenvalue weighted by Gasteiger charge is 2.51. The molecule has 0 radical (unpaired) electrons. The summed E-state index contributed by atoms with van der Waals surface area (Å²) in [6.07, 6.45) is 3.17. The number of hydrogen-bond donors (Lipinski definition) is 1. The summed E-state index contributed by atoms with van der Waals surface area (Å²) < 4.78 is 23.0. The average molecular weight is 297 g/mol. The quantitative estimate of drug-likeness (QED) is 0.842. The van der Waals surface area contributed by atoms with Gasteiger partial charge in [-0.15, -0.1) is 0 Å². The Bertz CT molecular complexity index is 531. The Labute approximate surface area is 122 Å². The van der Waals surface area contributed by atoms with Crippen molar-refractivity contribution in [1.82, 2.24) is 4.98 Å². The summed E-state index contributed by atoms with van der Waals surface area (Å²) in [4.78, 5) is 4.16. The molecule has 0 bridgehead atoms. The topological polar surface area (TPSA) is 68.7 Å². The van der Waals surface area contributed by atoms with Crippen molar-refractivity contribution in [3.05, 3.63) is 18.0 Å². The molecule has 1 aliphatic rings. The van der Waals surface area contributed by atoms with Gasteiger partial charge in [-0.25, -0.2) is 0 Å². The van der Waals surface area contributed by atoms with Crippen molar-refractivity contribution in [2.75, 3.05) is 6.26 Å². The van der Waals surface area contributed by atoms with Gasteiger partial charge in [0, 0.05) is 28.7 Å². The molecule has 1 aromatic heterocycles. The molecule has 1 aromatic rings. The maximum absolute atomic E-state index is 11.2. The Kier molecular flexibility index (Phi) is 3.97. The predicted octanol–water partition coefficient (Wildman–Crippen LogP) is 0.965. The molecule has 7 heteroatoms. The second-order valence-electron chi connectivity index (χ2n) is 6.04. The highest BCUT2D eigenvalue weighted by Crippen LogP contribution is 2.36. The number of pyridine rings is 1. The molecule has 1 aliphatic heterocycles. The van der Waals surface area contributed by atoms with Gasteiger partial charge in [0.2, 0.25) is 0 Å². The van der Waals surface area contributed by atoms with Crippen molar-refractivity contribution in [3.8, 4) is 5.75 Å². The molecule has 0 aliphatic carbocycles. The van der Waals surface area contributed by atoms with Gasteiger partial charge in [0.25, 0.3) is 0 Å². The number of nitrogens with zero attached hydrogens (tertiary/aromatic N) is 1. The van der Waals surface area contributed by atoms with E-state index >= 15 is 0 Å². The van der Waals surface area contributed by atoms with E-state index in [2.05, 4.69) is 4.98 Å². The monoisotopic (exact) mass is 297 g/mol. The third-order valence-corrected chi connectivity index (χ3v) is 4.51. The predicted molar refractivity (Wildman–Crippen MR) is 79.4 cm³/mol. The van der Waals surface area contributed by atoms with Crippen molar-refractivity contribution in [2.24, 2.45) is 0 Å². The summed E-state index contributed by atoms with van der Waals surface area (Å²) in [6.45, 7) is 7.87. The van der Waals surface area contributed by atoms with Crippen LogP contribution in [-0.4, -0.2) is 38.9 Å². The van der Waals surface area contributed by atoms with E-state index in [1.54, 1.807) is 18.5 Å². The van der Waals surface area contributed by atoms with Gasteiger partial charge in [0.05, 0.1) is 22.6 Å². The lowest BCUT2D eigenvalue weighted by atomic mass is 9.80. The minimum atomic E-state index is -1.05. The van der Waals surface area contributed by atoms with E-state index in [0.29, 0.717) is 11.2 Å². The van der Waals surface area contributed by atoms with Crippen molar-refractivity contribution in [2.45, 2.75) is 44.6 Å². The largest absolute Gasteiger partial charge is 0.506 e. The van der Waals surface area contributed by atoms with Gasteiger partial charge in [0.15, 0.2) is 0 Å². The molecular weight excluding hydrogens is 277 g/mol. The number of rotatable bonds is 3. The standard InChI is InChI=1S/C13H20BNO4S/c1-12(2)13(3,4)19-14(18-12)9-6-11(16)10(15-7-9)8-20(5)17/h6-7,16H,8H2,1-5H3. The lowest BCUT2D eigenvalue weighted by molar-refractivity contribution is 0.00578. The first-order chi connectivity index (χ1) is 9.12. The van der Waals surface area contributed by atoms with Crippen LogP contribution in [0.15, 0.2) is 12.3 Å². The summed E-state index contributed by atoms with van der Waals surface area (Å²) in [5.41, 5.74) is 0.214. The zero-order valence-corrected chi connectivity index (χ0v) is 13.3. The van der Waals surface area contributed by atoms with Crippen LogP contribution in [-0.2, 0) is 25.9 Å². The first kappa shape index (κ1) is 15.5. The molecule has 1 unspecified atom stereocenters. The van der Waals surface area contributed by atoms with Crippen LogP contribution in [0, 0.1) is 0 Å². The van der Waals surface area contributed by atoms with E-state index in [-0.39, 0.29) is 11.5 Å². The molecule has 110 valence electrons. The molecule has 0 spiro atoms. The molecule has 1 N–H and O–H groups in total. The molecule has 2 rings (SSSR count). The van der Waals surface area contributed by atoms with Gasteiger partial charge in [0.1, 0.15) is 5.75 Å². The highest BCUT2D eigenvalue weighted by atomic mass is 32.2. The van der Waals surface area contributed by atoms with Crippen LogP contribution < -0.4 is 5.46 Å². The fourth-order valence-corrected chi connectivity index (χ4v) is 2.52. The first-order valence-electron chi connectivity index (χ1n) is 6.46. The maximum Gasteiger partial charge on any atom is 0.496 e. The van der Waals surface area contributed by atoms with Gasteiger partial charge in [-0.1, -0.05) is 0 Å². The number of aromatic hydroxyl groups is 1. The smallest absolute Gasteiger partial charge is 0.496 e. The molecule has 0 amide bonds. The van der Waals surface area contributed by atoms with Crippen LogP contribution >= 0.6 is 0 Å². The minimum Gasteiger partial charge on any atom is -0.506 e. The summed E-state index contributed by atoms with van der Waals surface area (Å²) in [5, 5.41) is 9.95. The zero-order valence-electron chi connectivity index (χ0n) is 12.5. The molecule has 1 saturated heterocycles. The minimum absolute atomic E-state index is 0.0208. The lowest BCUT2D eigenvalue weighted by Crippen LogP contribution is -2.41. The van der Waals surface area contributed by atoms with Gasteiger partial charge < -0.3 is 14.4 Å². The number of aromatic nitrogens is 1. The molecule has 0 aromatic carbocycles. The van der Waals surface area contributed by atoms with Crippen molar-refractivity contribution < 1.29 is 18.6 Å². The Balaban J connectivity index is 2.24. The van der Waals surface area contributed by atoms with Crippen LogP contribution in [0.3, 0.4) is 0 Å². The average Bonchev–Trinajstić information content (AvgIpc) is 2.50. The fourth-order valence-electron chi connectivity index (χ4n) is 1.91. The second-order valence-corrected chi connectivity index (χ2v) is 7.48. The SMILES string of the molecule is CS(=O)Cc1ncc(B2OC(C)(C)C(C)(C)O2)cc1O. The molecular formula is C13H20BNO4S. The molecule has 5 nitrogen and oxygen atoms in total. The van der Waals surface area contributed by atoms with E-state index in [4.69, 9.17) is 9.31 Å². The Hall–Kier alpha value is -0.915. The highest BCUT2D eigenvalue weighted by molar-refractivity contribution is 7.83. The Morgan fingerprint density at radius 1 is 1.30 bits per heavy atom. The van der Waals surface area contributed by atoms with Crippen LogP contribution in [0.4, 0.5) is 0 Å². The summed E-state index contributed by atoms with van der Waals surface area (Å²) in [5.74, 6) is 0.252. The van der Waals surface area contributed by atoms with Crippen LogP contribution in [0.5, 0.6) is 5.75 Å². The number of hydrogen-bond acceptors (Lipinski definition) is 5. The van der Waals surface area contributed by atoms with E-state index in [1.807, 2.05) is 27.7 Å². The third kappa shape index (κ3) is 2.89. The zero-order chi connectivity index (χ0) is 15.1. The molecule has 1 atom stereocenters. The van der Waals surface area contributed by atoms with E-state index in [0.717, 1.165) is 0 Å². The normalized spacial score (nSPS) is 21.9. The van der Waals surface area contributed by atoms with Crippen LogP contribution in [0.2, 0.25) is 0 Å². The Morgan fingerprint density at radius 2 is 1.85 bits per heavy atom. The van der Waals surface area contributed by atoms with Crippen LogP contribution in [0.25, 0.3) is 0 Å². The second kappa shape index (κ2) is 5.13. The van der Waals surface area contributed by atoms with E-state index in [9.17, 15) is 9.32 Å². The van der Waals surface area contributed by atoms with Gasteiger partial charge in [-0.2, -0.15) is 0 Å². The Morgan fingerprint density at radius 3 is 2.30 bits per heavy atom. The molecule has 20 heavy (non-hydrogen) atoms. The van der Waals surface area contributed by atoms with Gasteiger partial charge >= 0.3 is 7.12 Å². The lowest BCUT2D eigenvalue weighted by Gasteiger charge is -2.32. The van der Waals surface area contributed by atoms with E-state index in [1.165, 1.54) is 0 Å². The fraction of sp³-hybridized carbons (Fsp3) is 0.615. The molecule has 2 heterocycles. The van der Waals surface area contributed by atoms with E-state index < -0.39 is 29.1 Å². The third-order valence-electron chi connectivity index (χ3n) is 3.83. The van der Waals surface area contributed by atoms with Gasteiger partial charge in [-0.3, -0.25) is 9.19 Å². The molecule has 0 saturated carbocycles. The van der Waals surface area contributed by atoms with Crippen molar-refractivity contribution in [3.63, 3.8) is 0 Å². The first-order valence-corrected chi connectivity index (χ1v) is 8.18. The van der Waals surface area contributed by atoms with Crippen LogP contribution in [0.1, 0.15) is 33.4 Å².